The molecule has 0 atom stereocenters. The van der Waals surface area contributed by atoms with Crippen molar-refractivity contribution in [1.29, 1.82) is 0 Å². The third-order valence-electron chi connectivity index (χ3n) is 2.62. The Morgan fingerprint density at radius 3 is 2.55 bits per heavy atom. The summed E-state index contributed by atoms with van der Waals surface area (Å²) < 4.78 is 48.4. The number of ether oxygens (including phenoxy) is 2. The van der Waals surface area contributed by atoms with Gasteiger partial charge in [0.05, 0.1) is 12.7 Å². The fraction of sp³-hybridized carbons (Fsp3) is 0.214. The number of nitrogens with zero attached hydrogens (tertiary/aromatic N) is 1. The number of pyridine rings is 1. The number of hydrogen-bond acceptors (Lipinski definition) is 3. The molecule has 20 heavy (non-hydrogen) atoms. The average molecular weight is 283 g/mol. The van der Waals surface area contributed by atoms with Crippen LogP contribution in [-0.4, -0.2) is 12.1 Å². The zero-order valence-electron chi connectivity index (χ0n) is 10.6. The number of aromatic nitrogens is 1. The molecule has 0 saturated carbocycles. The maximum atomic E-state index is 12.7. The molecule has 0 aliphatic rings. The second-order valence-corrected chi connectivity index (χ2v) is 3.98. The summed E-state index contributed by atoms with van der Waals surface area (Å²) in [5, 5.41) is 0. The minimum atomic E-state index is -4.40. The molecule has 106 valence electrons. The van der Waals surface area contributed by atoms with Crippen LogP contribution in [0.25, 0.3) is 0 Å². The smallest absolute Gasteiger partial charge is 0.416 e. The lowest BCUT2D eigenvalue weighted by molar-refractivity contribution is -0.137. The number of methoxy groups -OCH3 is 1. The van der Waals surface area contributed by atoms with Gasteiger partial charge >= 0.3 is 6.18 Å². The van der Waals surface area contributed by atoms with E-state index in [-0.39, 0.29) is 6.61 Å². The number of halogens is 3. The van der Waals surface area contributed by atoms with Crippen LogP contribution in [0, 0.1) is 0 Å². The average Bonchev–Trinajstić information content (AvgIpc) is 2.45. The molecule has 0 aliphatic carbocycles. The third kappa shape index (κ3) is 3.40. The molecule has 0 saturated heterocycles. The number of rotatable bonds is 4. The first-order chi connectivity index (χ1) is 9.50. The minimum absolute atomic E-state index is 0.0515. The quantitative estimate of drug-likeness (QED) is 0.857. The summed E-state index contributed by atoms with van der Waals surface area (Å²) in [4.78, 5) is 3.94. The fourth-order valence-electron chi connectivity index (χ4n) is 1.65. The highest BCUT2D eigenvalue weighted by Gasteiger charge is 2.31. The van der Waals surface area contributed by atoms with Crippen molar-refractivity contribution < 1.29 is 22.6 Å². The molecular formula is C14H12F3NO2. The SMILES string of the molecule is COc1ccc(C(F)(F)F)cc1COc1ccccn1. The summed E-state index contributed by atoms with van der Waals surface area (Å²) in [5.41, 5.74) is -0.425. The lowest BCUT2D eigenvalue weighted by atomic mass is 10.1. The first-order valence-electron chi connectivity index (χ1n) is 5.78. The van der Waals surface area contributed by atoms with Gasteiger partial charge in [0.15, 0.2) is 0 Å². The van der Waals surface area contributed by atoms with Gasteiger partial charge < -0.3 is 9.47 Å². The Morgan fingerprint density at radius 2 is 1.95 bits per heavy atom. The Bertz CT molecular complexity index is 570. The van der Waals surface area contributed by atoms with Crippen LogP contribution in [0.5, 0.6) is 11.6 Å². The molecule has 3 nitrogen and oxygen atoms in total. The first kappa shape index (κ1) is 14.2. The molecule has 2 rings (SSSR count). The maximum Gasteiger partial charge on any atom is 0.416 e. The molecule has 0 aliphatic heterocycles. The van der Waals surface area contributed by atoms with Gasteiger partial charge in [-0.25, -0.2) is 4.98 Å². The predicted molar refractivity (Wildman–Crippen MR) is 66.6 cm³/mol. The van der Waals surface area contributed by atoms with E-state index in [4.69, 9.17) is 9.47 Å². The second-order valence-electron chi connectivity index (χ2n) is 3.98. The molecule has 2 aromatic rings. The summed E-state index contributed by atoms with van der Waals surface area (Å²) >= 11 is 0. The van der Waals surface area contributed by atoms with Crippen molar-refractivity contribution in [2.75, 3.05) is 7.11 Å². The number of hydrogen-bond donors (Lipinski definition) is 0. The Labute approximate surface area is 114 Å². The van der Waals surface area contributed by atoms with Gasteiger partial charge in [-0.2, -0.15) is 13.2 Å². The highest BCUT2D eigenvalue weighted by Crippen LogP contribution is 2.32. The van der Waals surface area contributed by atoms with E-state index in [0.717, 1.165) is 12.1 Å². The van der Waals surface area contributed by atoms with E-state index in [9.17, 15) is 13.2 Å². The molecule has 1 aromatic heterocycles. The topological polar surface area (TPSA) is 31.4 Å². The Morgan fingerprint density at radius 1 is 1.15 bits per heavy atom. The minimum Gasteiger partial charge on any atom is -0.496 e. The highest BCUT2D eigenvalue weighted by atomic mass is 19.4. The maximum absolute atomic E-state index is 12.7. The van der Waals surface area contributed by atoms with E-state index in [2.05, 4.69) is 4.98 Å². The van der Waals surface area contributed by atoms with E-state index in [0.29, 0.717) is 17.2 Å². The van der Waals surface area contributed by atoms with Crippen LogP contribution in [0.15, 0.2) is 42.6 Å². The zero-order chi connectivity index (χ0) is 14.6. The molecule has 6 heteroatoms. The Hall–Kier alpha value is -2.24. The molecule has 0 N–H and O–H groups in total. The van der Waals surface area contributed by atoms with Gasteiger partial charge in [0, 0.05) is 17.8 Å². The van der Waals surface area contributed by atoms with E-state index < -0.39 is 11.7 Å². The summed E-state index contributed by atoms with van der Waals surface area (Å²) in [6, 6.07) is 8.34. The van der Waals surface area contributed by atoms with Crippen LogP contribution >= 0.6 is 0 Å². The monoisotopic (exact) mass is 283 g/mol. The summed E-state index contributed by atoms with van der Waals surface area (Å²) in [6.07, 6.45) is -2.86. The van der Waals surface area contributed by atoms with E-state index in [1.807, 2.05) is 0 Å². The molecule has 0 bridgehead atoms. The van der Waals surface area contributed by atoms with Crippen molar-refractivity contribution >= 4 is 0 Å². The van der Waals surface area contributed by atoms with Gasteiger partial charge in [-0.05, 0) is 24.3 Å². The van der Waals surface area contributed by atoms with Crippen LogP contribution < -0.4 is 9.47 Å². The van der Waals surface area contributed by atoms with Crippen LogP contribution in [-0.2, 0) is 12.8 Å². The Kier molecular flexibility index (Phi) is 4.12. The Balaban J connectivity index is 2.21. The van der Waals surface area contributed by atoms with Gasteiger partial charge in [0.1, 0.15) is 12.4 Å². The summed E-state index contributed by atoms with van der Waals surface area (Å²) in [5.74, 6) is 0.681. The summed E-state index contributed by atoms with van der Waals surface area (Å²) in [6.45, 7) is -0.0515. The van der Waals surface area contributed by atoms with Crippen LogP contribution in [0.2, 0.25) is 0 Å². The third-order valence-corrected chi connectivity index (χ3v) is 2.62. The molecule has 0 amide bonds. The number of benzene rings is 1. The number of alkyl halides is 3. The van der Waals surface area contributed by atoms with Gasteiger partial charge in [-0.15, -0.1) is 0 Å². The molecular weight excluding hydrogens is 271 g/mol. The summed E-state index contributed by atoms with van der Waals surface area (Å²) in [7, 11) is 1.40. The van der Waals surface area contributed by atoms with Crippen molar-refractivity contribution in [3.8, 4) is 11.6 Å². The van der Waals surface area contributed by atoms with Crippen LogP contribution in [0.1, 0.15) is 11.1 Å². The first-order valence-corrected chi connectivity index (χ1v) is 5.78. The van der Waals surface area contributed by atoms with E-state index >= 15 is 0 Å². The van der Waals surface area contributed by atoms with Crippen LogP contribution in [0.3, 0.4) is 0 Å². The molecule has 0 spiro atoms. The van der Waals surface area contributed by atoms with Gasteiger partial charge in [-0.3, -0.25) is 0 Å². The fourth-order valence-corrected chi connectivity index (χ4v) is 1.65. The molecule has 1 aromatic carbocycles. The normalized spacial score (nSPS) is 11.2. The van der Waals surface area contributed by atoms with Gasteiger partial charge in [0.25, 0.3) is 0 Å². The predicted octanol–water partition coefficient (Wildman–Crippen LogP) is 3.69. The van der Waals surface area contributed by atoms with Crippen molar-refractivity contribution in [2.24, 2.45) is 0 Å². The van der Waals surface area contributed by atoms with Crippen molar-refractivity contribution in [1.82, 2.24) is 4.98 Å². The van der Waals surface area contributed by atoms with E-state index in [1.165, 1.54) is 13.2 Å². The zero-order valence-corrected chi connectivity index (χ0v) is 10.6. The molecule has 0 unspecified atom stereocenters. The molecule has 0 radical (unpaired) electrons. The van der Waals surface area contributed by atoms with Crippen molar-refractivity contribution in [3.05, 3.63) is 53.7 Å². The second kappa shape index (κ2) is 5.81. The van der Waals surface area contributed by atoms with Crippen LogP contribution in [0.4, 0.5) is 13.2 Å². The van der Waals surface area contributed by atoms with Crippen molar-refractivity contribution in [2.45, 2.75) is 12.8 Å². The van der Waals surface area contributed by atoms with Gasteiger partial charge in [0.2, 0.25) is 5.88 Å². The van der Waals surface area contributed by atoms with Crippen molar-refractivity contribution in [3.63, 3.8) is 0 Å². The standard InChI is InChI=1S/C14H12F3NO2/c1-19-12-6-5-11(14(15,16)17)8-10(12)9-20-13-4-2-3-7-18-13/h2-8H,9H2,1H3. The highest BCUT2D eigenvalue weighted by molar-refractivity contribution is 5.38. The van der Waals surface area contributed by atoms with Gasteiger partial charge in [-0.1, -0.05) is 6.07 Å². The lowest BCUT2D eigenvalue weighted by Gasteiger charge is -2.13. The lowest BCUT2D eigenvalue weighted by Crippen LogP contribution is -2.07. The molecule has 0 fully saturated rings. The van der Waals surface area contributed by atoms with E-state index in [1.54, 1.807) is 24.4 Å². The largest absolute Gasteiger partial charge is 0.496 e. The molecule has 1 heterocycles.